The number of hydrogen-bond acceptors (Lipinski definition) is 4. The zero-order chi connectivity index (χ0) is 16.0. The molecule has 7 heteroatoms. The first-order valence-electron chi connectivity index (χ1n) is 6.93. The Morgan fingerprint density at radius 3 is 2.33 bits per heavy atom. The summed E-state index contributed by atoms with van der Waals surface area (Å²) in [6, 6.07) is 2.14. The molecule has 0 aliphatic rings. The Kier molecular flexibility index (Phi) is 6.26. The molecule has 0 radical (unpaired) electrons. The topological polar surface area (TPSA) is 31.4 Å². The molecule has 0 bridgehead atoms. The van der Waals surface area contributed by atoms with Crippen molar-refractivity contribution in [2.75, 3.05) is 51.0 Å². The van der Waals surface area contributed by atoms with Crippen molar-refractivity contribution >= 4 is 11.6 Å². The fraction of sp³-hybridized carbons (Fsp3) is 0.643. The Hall–Kier alpha value is -1.50. The van der Waals surface area contributed by atoms with Gasteiger partial charge in [0.05, 0.1) is 5.56 Å². The summed E-state index contributed by atoms with van der Waals surface area (Å²) in [7, 11) is 5.58. The molecule has 0 aliphatic heterocycles. The maximum atomic E-state index is 13.0. The number of nitrogens with one attached hydrogen (secondary N) is 1. The molecule has 0 atom stereocenters. The molecule has 1 N–H and O–H groups in total. The number of nitrogens with zero attached hydrogens (tertiary/aromatic N) is 3. The van der Waals surface area contributed by atoms with Crippen molar-refractivity contribution in [3.8, 4) is 0 Å². The summed E-state index contributed by atoms with van der Waals surface area (Å²) >= 11 is 0. The molecule has 0 unspecified atom stereocenters. The monoisotopic (exact) mass is 304 g/mol. The second-order valence-electron chi connectivity index (χ2n) is 5.25. The van der Waals surface area contributed by atoms with Gasteiger partial charge in [-0.2, -0.15) is 13.2 Å². The fourth-order valence-corrected chi connectivity index (χ4v) is 1.68. The zero-order valence-electron chi connectivity index (χ0n) is 13.0. The highest BCUT2D eigenvalue weighted by Gasteiger charge is 2.32. The second kappa shape index (κ2) is 7.49. The van der Waals surface area contributed by atoms with Crippen molar-refractivity contribution in [2.24, 2.45) is 0 Å². The molecule has 0 aromatic carbocycles. The van der Waals surface area contributed by atoms with Gasteiger partial charge in [-0.05, 0) is 32.6 Å². The van der Waals surface area contributed by atoms with Crippen LogP contribution in [-0.2, 0) is 6.18 Å². The number of alkyl halides is 3. The predicted octanol–water partition coefficient (Wildman–Crippen LogP) is 2.92. The van der Waals surface area contributed by atoms with Crippen molar-refractivity contribution in [2.45, 2.75) is 19.5 Å². The maximum Gasteiger partial charge on any atom is 0.416 e. The third-order valence-electron chi connectivity index (χ3n) is 2.97. The maximum absolute atomic E-state index is 13.0. The van der Waals surface area contributed by atoms with Crippen LogP contribution < -0.4 is 10.2 Å². The van der Waals surface area contributed by atoms with Crippen LogP contribution in [0.2, 0.25) is 0 Å². The summed E-state index contributed by atoms with van der Waals surface area (Å²) in [5.41, 5.74) is -0.678. The molecule has 0 saturated carbocycles. The molecule has 0 spiro atoms. The van der Waals surface area contributed by atoms with Crippen molar-refractivity contribution < 1.29 is 13.2 Å². The summed E-state index contributed by atoms with van der Waals surface area (Å²) in [6.07, 6.45) is -3.55. The van der Waals surface area contributed by atoms with E-state index in [-0.39, 0.29) is 5.82 Å². The van der Waals surface area contributed by atoms with Gasteiger partial charge in [0, 0.05) is 26.7 Å². The highest BCUT2D eigenvalue weighted by Crippen LogP contribution is 2.32. The van der Waals surface area contributed by atoms with E-state index in [2.05, 4.69) is 10.3 Å². The van der Waals surface area contributed by atoms with E-state index in [1.807, 2.05) is 25.9 Å². The fourth-order valence-electron chi connectivity index (χ4n) is 1.68. The molecule has 1 heterocycles. The Bertz CT molecular complexity index is 446. The molecule has 0 amide bonds. The molecule has 0 aliphatic carbocycles. The first-order valence-corrected chi connectivity index (χ1v) is 6.93. The molecule has 1 aromatic heterocycles. The van der Waals surface area contributed by atoms with Gasteiger partial charge in [0.1, 0.15) is 11.6 Å². The lowest BCUT2D eigenvalue weighted by molar-refractivity contribution is -0.137. The Morgan fingerprint density at radius 1 is 1.14 bits per heavy atom. The minimum Gasteiger partial charge on any atom is -0.370 e. The van der Waals surface area contributed by atoms with Crippen LogP contribution in [0.4, 0.5) is 24.8 Å². The Balaban J connectivity index is 3.00. The van der Waals surface area contributed by atoms with Crippen molar-refractivity contribution in [3.05, 3.63) is 17.7 Å². The average molecular weight is 304 g/mol. The van der Waals surface area contributed by atoms with Gasteiger partial charge in [-0.25, -0.2) is 4.98 Å². The van der Waals surface area contributed by atoms with Crippen LogP contribution in [0.25, 0.3) is 0 Å². The molecule has 0 saturated heterocycles. The third kappa shape index (κ3) is 5.79. The molecule has 21 heavy (non-hydrogen) atoms. The number of anilines is 2. The molecular weight excluding hydrogens is 281 g/mol. The van der Waals surface area contributed by atoms with E-state index in [4.69, 9.17) is 0 Å². The van der Waals surface area contributed by atoms with Crippen LogP contribution in [0.15, 0.2) is 12.1 Å². The molecule has 4 nitrogen and oxygen atoms in total. The quantitative estimate of drug-likeness (QED) is 0.839. The van der Waals surface area contributed by atoms with E-state index in [9.17, 15) is 13.2 Å². The van der Waals surface area contributed by atoms with Gasteiger partial charge in [0.15, 0.2) is 0 Å². The standard InChI is InChI=1S/C14H23F3N4/c1-5-6-18-12-9-11(14(15,16)17)10-13(19-12)21(4)8-7-20(2)3/h9-10H,5-8H2,1-4H3,(H,18,19). The summed E-state index contributed by atoms with van der Waals surface area (Å²) in [5.74, 6) is 0.587. The van der Waals surface area contributed by atoms with Gasteiger partial charge in [-0.15, -0.1) is 0 Å². The van der Waals surface area contributed by atoms with Crippen LogP contribution in [0.1, 0.15) is 18.9 Å². The van der Waals surface area contributed by atoms with Crippen molar-refractivity contribution in [1.29, 1.82) is 0 Å². The Labute approximate surface area is 124 Å². The van der Waals surface area contributed by atoms with Crippen molar-refractivity contribution in [1.82, 2.24) is 9.88 Å². The molecular formula is C14H23F3N4. The van der Waals surface area contributed by atoms with E-state index in [0.717, 1.165) is 25.1 Å². The van der Waals surface area contributed by atoms with Gasteiger partial charge >= 0.3 is 6.18 Å². The second-order valence-corrected chi connectivity index (χ2v) is 5.25. The van der Waals surface area contributed by atoms with E-state index in [1.165, 1.54) is 0 Å². The minimum absolute atomic E-state index is 0.262. The van der Waals surface area contributed by atoms with Gasteiger partial charge < -0.3 is 15.1 Å². The Morgan fingerprint density at radius 2 is 1.81 bits per heavy atom. The largest absolute Gasteiger partial charge is 0.416 e. The first kappa shape index (κ1) is 17.6. The number of halogens is 3. The lowest BCUT2D eigenvalue weighted by atomic mass is 10.2. The summed E-state index contributed by atoms with van der Waals surface area (Å²) in [6.45, 7) is 3.89. The van der Waals surface area contributed by atoms with Gasteiger partial charge in [0.25, 0.3) is 0 Å². The first-order chi connectivity index (χ1) is 9.74. The molecule has 120 valence electrons. The van der Waals surface area contributed by atoms with Crippen LogP contribution >= 0.6 is 0 Å². The highest BCUT2D eigenvalue weighted by molar-refractivity contribution is 5.51. The van der Waals surface area contributed by atoms with E-state index in [0.29, 0.717) is 18.9 Å². The number of hydrogen-bond donors (Lipinski definition) is 1. The summed E-state index contributed by atoms with van der Waals surface area (Å²) in [4.78, 5) is 7.96. The number of likely N-dealkylation sites (N-methyl/N-ethyl adjacent to an activating group) is 2. The molecule has 1 aromatic rings. The predicted molar refractivity (Wildman–Crippen MR) is 79.8 cm³/mol. The average Bonchev–Trinajstić information content (AvgIpc) is 2.41. The van der Waals surface area contributed by atoms with Gasteiger partial charge in [0.2, 0.25) is 0 Å². The number of aromatic nitrogens is 1. The van der Waals surface area contributed by atoms with Crippen LogP contribution in [0, 0.1) is 0 Å². The normalized spacial score (nSPS) is 11.8. The van der Waals surface area contributed by atoms with E-state index in [1.54, 1.807) is 11.9 Å². The molecule has 1 rings (SSSR count). The zero-order valence-corrected chi connectivity index (χ0v) is 13.0. The van der Waals surface area contributed by atoms with E-state index >= 15 is 0 Å². The summed E-state index contributed by atoms with van der Waals surface area (Å²) in [5, 5.41) is 2.92. The number of pyridine rings is 1. The molecule has 0 fully saturated rings. The van der Waals surface area contributed by atoms with Crippen molar-refractivity contribution in [3.63, 3.8) is 0 Å². The highest BCUT2D eigenvalue weighted by atomic mass is 19.4. The summed E-state index contributed by atoms with van der Waals surface area (Å²) < 4.78 is 38.9. The third-order valence-corrected chi connectivity index (χ3v) is 2.97. The minimum atomic E-state index is -4.37. The smallest absolute Gasteiger partial charge is 0.370 e. The van der Waals surface area contributed by atoms with E-state index < -0.39 is 11.7 Å². The SMILES string of the molecule is CCCNc1cc(C(F)(F)F)cc(N(C)CCN(C)C)n1. The van der Waals surface area contributed by atoms with Gasteiger partial charge in [-0.3, -0.25) is 0 Å². The number of rotatable bonds is 7. The van der Waals surface area contributed by atoms with Gasteiger partial charge in [-0.1, -0.05) is 6.92 Å². The van der Waals surface area contributed by atoms with Crippen LogP contribution in [0.5, 0.6) is 0 Å². The van der Waals surface area contributed by atoms with Crippen LogP contribution in [-0.4, -0.2) is 50.7 Å². The lowest BCUT2D eigenvalue weighted by Crippen LogP contribution is -2.29. The lowest BCUT2D eigenvalue weighted by Gasteiger charge is -2.22. The van der Waals surface area contributed by atoms with Crippen LogP contribution in [0.3, 0.4) is 0 Å².